The molecule has 0 saturated heterocycles. The van der Waals surface area contributed by atoms with Gasteiger partial charge in [0.1, 0.15) is 5.82 Å². The zero-order valence-corrected chi connectivity index (χ0v) is 9.58. The van der Waals surface area contributed by atoms with Crippen LogP contribution in [-0.2, 0) is 0 Å². The van der Waals surface area contributed by atoms with E-state index in [9.17, 15) is 0 Å². The van der Waals surface area contributed by atoms with E-state index in [1.54, 1.807) is 6.20 Å². The van der Waals surface area contributed by atoms with E-state index in [0.717, 1.165) is 10.3 Å². The van der Waals surface area contributed by atoms with Crippen LogP contribution in [0.3, 0.4) is 0 Å². The van der Waals surface area contributed by atoms with Gasteiger partial charge in [-0.05, 0) is 28.1 Å². The lowest BCUT2D eigenvalue weighted by Gasteiger charge is -2.18. The van der Waals surface area contributed by atoms with E-state index >= 15 is 0 Å². The van der Waals surface area contributed by atoms with Crippen molar-refractivity contribution in [3.63, 3.8) is 0 Å². The minimum atomic E-state index is 0.198. The van der Waals surface area contributed by atoms with Gasteiger partial charge < -0.3 is 10.6 Å². The summed E-state index contributed by atoms with van der Waals surface area (Å²) in [5.74, 6) is 1.07. The first-order chi connectivity index (χ1) is 6.61. The lowest BCUT2D eigenvalue weighted by atomic mass is 10.3. The number of halogens is 1. The van der Waals surface area contributed by atoms with Gasteiger partial charge in [-0.25, -0.2) is 4.98 Å². The number of amidine groups is 1. The molecule has 1 aromatic rings. The fraction of sp³-hybridized carbons (Fsp3) is 0.333. The first-order valence-electron chi connectivity index (χ1n) is 4.26. The quantitative estimate of drug-likeness (QED) is 0.636. The lowest BCUT2D eigenvalue weighted by molar-refractivity contribution is 0.887. The van der Waals surface area contributed by atoms with Crippen molar-refractivity contribution in [1.82, 2.24) is 4.98 Å². The zero-order chi connectivity index (χ0) is 10.6. The summed E-state index contributed by atoms with van der Waals surface area (Å²) in [4.78, 5) is 6.19. The van der Waals surface area contributed by atoms with Crippen LogP contribution in [0, 0.1) is 5.41 Å². The van der Waals surface area contributed by atoms with Crippen molar-refractivity contribution >= 4 is 27.6 Å². The predicted octanol–water partition coefficient (Wildman–Crippen LogP) is 1.61. The van der Waals surface area contributed by atoms with Crippen molar-refractivity contribution < 1.29 is 0 Å². The second-order valence-electron chi connectivity index (χ2n) is 3.01. The molecule has 0 bridgehead atoms. The normalized spacial score (nSPS) is 9.86. The zero-order valence-electron chi connectivity index (χ0n) is 8.00. The third-order valence-corrected chi connectivity index (χ3v) is 2.44. The van der Waals surface area contributed by atoms with E-state index in [1.807, 2.05) is 24.1 Å². The molecule has 14 heavy (non-hydrogen) atoms. The highest BCUT2D eigenvalue weighted by Gasteiger charge is 2.05. The van der Waals surface area contributed by atoms with Crippen LogP contribution in [0.5, 0.6) is 0 Å². The van der Waals surface area contributed by atoms with Gasteiger partial charge in [0.2, 0.25) is 0 Å². The average Bonchev–Trinajstić information content (AvgIpc) is 2.15. The second kappa shape index (κ2) is 4.95. The third kappa shape index (κ3) is 2.99. The van der Waals surface area contributed by atoms with Crippen LogP contribution in [0.15, 0.2) is 22.8 Å². The van der Waals surface area contributed by atoms with Crippen LogP contribution in [0.25, 0.3) is 0 Å². The molecule has 4 nitrogen and oxygen atoms in total. The van der Waals surface area contributed by atoms with Crippen molar-refractivity contribution in [3.8, 4) is 0 Å². The largest absolute Gasteiger partial charge is 0.388 e. The number of nitrogens with two attached hydrogens (primary N) is 1. The molecule has 0 radical (unpaired) electrons. The molecule has 0 fully saturated rings. The van der Waals surface area contributed by atoms with Crippen LogP contribution in [0.1, 0.15) is 6.42 Å². The highest BCUT2D eigenvalue weighted by Crippen LogP contribution is 2.21. The number of anilines is 1. The molecule has 0 aliphatic heterocycles. The Hall–Kier alpha value is -1.10. The van der Waals surface area contributed by atoms with E-state index in [1.165, 1.54) is 0 Å². The standard InChI is InChI=1S/C9H13BrN4/c1-14(6-4-8(11)12)9-7(10)3-2-5-13-9/h2-3,5H,4,6H2,1H3,(H3,11,12). The highest BCUT2D eigenvalue weighted by molar-refractivity contribution is 9.10. The van der Waals surface area contributed by atoms with Crippen molar-refractivity contribution in [1.29, 1.82) is 5.41 Å². The SMILES string of the molecule is CN(CCC(=N)N)c1ncccc1Br. The summed E-state index contributed by atoms with van der Waals surface area (Å²) < 4.78 is 0.950. The monoisotopic (exact) mass is 256 g/mol. The molecule has 3 N–H and O–H groups in total. The molecule has 0 saturated carbocycles. The van der Waals surface area contributed by atoms with Gasteiger partial charge in [-0.15, -0.1) is 0 Å². The van der Waals surface area contributed by atoms with Crippen LogP contribution in [0.2, 0.25) is 0 Å². The van der Waals surface area contributed by atoms with Gasteiger partial charge in [0.05, 0.1) is 10.3 Å². The maximum atomic E-state index is 7.12. The first-order valence-corrected chi connectivity index (χ1v) is 5.05. The molecule has 0 amide bonds. The summed E-state index contributed by atoms with van der Waals surface area (Å²) in [6.45, 7) is 0.699. The summed E-state index contributed by atoms with van der Waals surface area (Å²) in [5.41, 5.74) is 5.28. The molecule has 1 rings (SSSR count). The van der Waals surface area contributed by atoms with E-state index in [0.29, 0.717) is 13.0 Å². The van der Waals surface area contributed by atoms with Gasteiger partial charge in [-0.3, -0.25) is 5.41 Å². The number of rotatable bonds is 4. The average molecular weight is 257 g/mol. The number of pyridine rings is 1. The van der Waals surface area contributed by atoms with Crippen molar-refractivity contribution in [2.45, 2.75) is 6.42 Å². The molecular formula is C9H13BrN4. The van der Waals surface area contributed by atoms with Gasteiger partial charge in [0, 0.05) is 26.2 Å². The summed E-state index contributed by atoms with van der Waals surface area (Å²) in [6.07, 6.45) is 2.30. The molecule has 1 heterocycles. The van der Waals surface area contributed by atoms with Crippen LogP contribution in [0.4, 0.5) is 5.82 Å². The Morgan fingerprint density at radius 1 is 1.71 bits per heavy atom. The topological polar surface area (TPSA) is 66.0 Å². The summed E-state index contributed by atoms with van der Waals surface area (Å²) >= 11 is 3.41. The first kappa shape index (κ1) is 11.0. The minimum absolute atomic E-state index is 0.198. The summed E-state index contributed by atoms with van der Waals surface area (Å²) in [7, 11) is 1.93. The van der Waals surface area contributed by atoms with Crippen molar-refractivity contribution in [2.75, 3.05) is 18.5 Å². The summed E-state index contributed by atoms with van der Waals surface area (Å²) in [6, 6.07) is 3.80. The number of hydrogen-bond acceptors (Lipinski definition) is 3. The Morgan fingerprint density at radius 2 is 2.43 bits per heavy atom. The van der Waals surface area contributed by atoms with Gasteiger partial charge in [-0.1, -0.05) is 0 Å². The molecule has 0 atom stereocenters. The van der Waals surface area contributed by atoms with Gasteiger partial charge in [-0.2, -0.15) is 0 Å². The number of aromatic nitrogens is 1. The van der Waals surface area contributed by atoms with E-state index < -0.39 is 0 Å². The Bertz CT molecular complexity index is 326. The Morgan fingerprint density at radius 3 is 3.00 bits per heavy atom. The highest BCUT2D eigenvalue weighted by atomic mass is 79.9. The van der Waals surface area contributed by atoms with Crippen LogP contribution >= 0.6 is 15.9 Å². The molecule has 0 unspecified atom stereocenters. The number of nitrogens with one attached hydrogen (secondary N) is 1. The maximum absolute atomic E-state index is 7.12. The molecule has 0 aliphatic carbocycles. The molecule has 76 valence electrons. The second-order valence-corrected chi connectivity index (χ2v) is 3.86. The molecular weight excluding hydrogens is 244 g/mol. The smallest absolute Gasteiger partial charge is 0.142 e. The lowest BCUT2D eigenvalue weighted by Crippen LogP contribution is -2.24. The van der Waals surface area contributed by atoms with Gasteiger partial charge in [0.15, 0.2) is 0 Å². The summed E-state index contributed by atoms with van der Waals surface area (Å²) in [5, 5.41) is 7.12. The molecule has 1 aromatic heterocycles. The Labute approximate surface area is 91.8 Å². The fourth-order valence-corrected chi connectivity index (χ4v) is 1.61. The van der Waals surface area contributed by atoms with E-state index in [4.69, 9.17) is 11.1 Å². The Balaban J connectivity index is 2.65. The molecule has 0 aliphatic rings. The van der Waals surface area contributed by atoms with Crippen molar-refractivity contribution in [2.24, 2.45) is 5.73 Å². The van der Waals surface area contributed by atoms with Crippen LogP contribution < -0.4 is 10.6 Å². The Kier molecular flexibility index (Phi) is 3.88. The van der Waals surface area contributed by atoms with Crippen LogP contribution in [-0.4, -0.2) is 24.4 Å². The van der Waals surface area contributed by atoms with Gasteiger partial charge in [0.25, 0.3) is 0 Å². The molecule has 5 heteroatoms. The van der Waals surface area contributed by atoms with E-state index in [-0.39, 0.29) is 5.84 Å². The fourth-order valence-electron chi connectivity index (χ4n) is 1.05. The minimum Gasteiger partial charge on any atom is -0.388 e. The van der Waals surface area contributed by atoms with Gasteiger partial charge >= 0.3 is 0 Å². The number of nitrogens with zero attached hydrogens (tertiary/aromatic N) is 2. The third-order valence-electron chi connectivity index (χ3n) is 1.82. The van der Waals surface area contributed by atoms with Crippen molar-refractivity contribution in [3.05, 3.63) is 22.8 Å². The van der Waals surface area contributed by atoms with E-state index in [2.05, 4.69) is 20.9 Å². The maximum Gasteiger partial charge on any atom is 0.142 e. The molecule has 0 spiro atoms. The number of hydrogen-bond donors (Lipinski definition) is 2. The predicted molar refractivity (Wildman–Crippen MR) is 61.7 cm³/mol. The molecule has 0 aromatic carbocycles.